The van der Waals surface area contributed by atoms with Crippen LogP contribution in [0, 0.1) is 6.92 Å². The molecule has 1 N–H and O–H groups in total. The molecule has 3 heterocycles. The molecule has 1 fully saturated rings. The van der Waals surface area contributed by atoms with Gasteiger partial charge < -0.3 is 9.84 Å². The summed E-state index contributed by atoms with van der Waals surface area (Å²) in [7, 11) is 0. The molecule has 1 aliphatic heterocycles. The van der Waals surface area contributed by atoms with E-state index in [1.54, 1.807) is 19.3 Å². The maximum absolute atomic E-state index is 11.0. The predicted molar refractivity (Wildman–Crippen MR) is 76.2 cm³/mol. The first-order chi connectivity index (χ1) is 10.1. The predicted octanol–water partition coefficient (Wildman–Crippen LogP) is 2.30. The zero-order valence-electron chi connectivity index (χ0n) is 11.8. The fraction of sp³-hybridized carbons (Fsp3) is 0.400. The van der Waals surface area contributed by atoms with Crippen LogP contribution in [0.1, 0.15) is 34.9 Å². The van der Waals surface area contributed by atoms with Gasteiger partial charge in [-0.2, -0.15) is 5.10 Å². The summed E-state index contributed by atoms with van der Waals surface area (Å²) in [6, 6.07) is 2.21. The molecule has 0 aliphatic carbocycles. The van der Waals surface area contributed by atoms with E-state index in [9.17, 15) is 4.79 Å². The molecule has 1 aliphatic rings. The van der Waals surface area contributed by atoms with E-state index < -0.39 is 5.97 Å². The molecule has 0 bridgehead atoms. The Balaban J connectivity index is 1.85. The molecular weight excluding hydrogens is 270 g/mol. The van der Waals surface area contributed by atoms with E-state index in [4.69, 9.17) is 9.84 Å². The van der Waals surface area contributed by atoms with Gasteiger partial charge in [0.1, 0.15) is 0 Å². The third-order valence-corrected chi connectivity index (χ3v) is 3.78. The average Bonchev–Trinajstić information content (AvgIpc) is 2.97. The maximum Gasteiger partial charge on any atom is 0.354 e. The van der Waals surface area contributed by atoms with E-state index >= 15 is 0 Å². The highest BCUT2D eigenvalue weighted by Crippen LogP contribution is 2.25. The first kappa shape index (κ1) is 13.8. The second-order valence-corrected chi connectivity index (χ2v) is 5.25. The van der Waals surface area contributed by atoms with Crippen LogP contribution in [0.5, 0.6) is 0 Å². The molecule has 6 nitrogen and oxygen atoms in total. The fourth-order valence-corrected chi connectivity index (χ4v) is 2.59. The van der Waals surface area contributed by atoms with Crippen molar-refractivity contribution in [1.82, 2.24) is 14.8 Å². The minimum atomic E-state index is -1.00. The lowest BCUT2D eigenvalue weighted by atomic mass is 10.1. The number of aromatic carboxylic acids is 1. The van der Waals surface area contributed by atoms with Gasteiger partial charge in [0.05, 0.1) is 12.2 Å². The smallest absolute Gasteiger partial charge is 0.354 e. The average molecular weight is 287 g/mol. The highest BCUT2D eigenvalue weighted by Gasteiger charge is 2.17. The van der Waals surface area contributed by atoms with Gasteiger partial charge in [0, 0.05) is 36.7 Å². The second kappa shape index (κ2) is 5.65. The van der Waals surface area contributed by atoms with Gasteiger partial charge in [-0.1, -0.05) is 0 Å². The quantitative estimate of drug-likeness (QED) is 0.937. The summed E-state index contributed by atoms with van der Waals surface area (Å²) in [5, 5.41) is 13.4. The SMILES string of the molecule is Cc1cc(-c2cnn(C3CCOCC3)c2)cnc1C(=O)O. The molecule has 0 saturated carbocycles. The van der Waals surface area contributed by atoms with E-state index in [-0.39, 0.29) is 5.69 Å². The number of aryl methyl sites for hydroxylation is 1. The molecule has 21 heavy (non-hydrogen) atoms. The molecule has 0 radical (unpaired) electrons. The van der Waals surface area contributed by atoms with E-state index in [0.717, 1.165) is 37.2 Å². The summed E-state index contributed by atoms with van der Waals surface area (Å²) in [6.45, 7) is 3.30. The number of carbonyl (C=O) groups is 1. The van der Waals surface area contributed by atoms with E-state index in [0.29, 0.717) is 11.6 Å². The van der Waals surface area contributed by atoms with Crippen molar-refractivity contribution >= 4 is 5.97 Å². The van der Waals surface area contributed by atoms with Crippen molar-refractivity contribution in [2.45, 2.75) is 25.8 Å². The van der Waals surface area contributed by atoms with Gasteiger partial charge in [-0.05, 0) is 31.4 Å². The lowest BCUT2D eigenvalue weighted by Gasteiger charge is -2.22. The largest absolute Gasteiger partial charge is 0.477 e. The van der Waals surface area contributed by atoms with E-state index in [1.807, 2.05) is 16.9 Å². The zero-order chi connectivity index (χ0) is 14.8. The minimum absolute atomic E-state index is 0.0931. The van der Waals surface area contributed by atoms with Crippen LogP contribution < -0.4 is 0 Å². The molecule has 0 aromatic carbocycles. The lowest BCUT2D eigenvalue weighted by Crippen LogP contribution is -2.19. The highest BCUT2D eigenvalue weighted by molar-refractivity contribution is 5.87. The van der Waals surface area contributed by atoms with Crippen LogP contribution in [-0.4, -0.2) is 39.1 Å². The Hall–Kier alpha value is -2.21. The molecule has 110 valence electrons. The van der Waals surface area contributed by atoms with Crippen LogP contribution in [0.15, 0.2) is 24.7 Å². The van der Waals surface area contributed by atoms with Gasteiger partial charge in [0.15, 0.2) is 5.69 Å². The van der Waals surface area contributed by atoms with Crippen molar-refractivity contribution in [3.05, 3.63) is 35.9 Å². The summed E-state index contributed by atoms with van der Waals surface area (Å²) in [6.07, 6.45) is 7.31. The summed E-state index contributed by atoms with van der Waals surface area (Å²) >= 11 is 0. The Labute approximate surface area is 122 Å². The number of carboxylic acid groups (broad SMARTS) is 1. The standard InChI is InChI=1S/C15H17N3O3/c1-10-6-11(7-16-14(10)15(19)20)12-8-17-18(9-12)13-2-4-21-5-3-13/h6-9,13H,2-5H2,1H3,(H,19,20). The van der Waals surface area contributed by atoms with Gasteiger partial charge in [0.2, 0.25) is 0 Å². The van der Waals surface area contributed by atoms with Crippen LogP contribution in [-0.2, 0) is 4.74 Å². The number of ether oxygens (including phenoxy) is 1. The fourth-order valence-electron chi connectivity index (χ4n) is 2.59. The number of hydrogen-bond acceptors (Lipinski definition) is 4. The normalized spacial score (nSPS) is 16.0. The number of carboxylic acids is 1. The first-order valence-electron chi connectivity index (χ1n) is 6.97. The monoisotopic (exact) mass is 287 g/mol. The van der Waals surface area contributed by atoms with Crippen LogP contribution in [0.4, 0.5) is 0 Å². The first-order valence-corrected chi connectivity index (χ1v) is 6.97. The molecule has 0 amide bonds. The molecule has 0 unspecified atom stereocenters. The second-order valence-electron chi connectivity index (χ2n) is 5.25. The van der Waals surface area contributed by atoms with Crippen molar-refractivity contribution in [2.24, 2.45) is 0 Å². The van der Waals surface area contributed by atoms with Crippen molar-refractivity contribution in [2.75, 3.05) is 13.2 Å². The van der Waals surface area contributed by atoms with Crippen molar-refractivity contribution in [1.29, 1.82) is 0 Å². The molecule has 1 saturated heterocycles. The molecule has 2 aromatic rings. The Bertz CT molecular complexity index is 660. The molecule has 0 atom stereocenters. The van der Waals surface area contributed by atoms with Gasteiger partial charge in [0.25, 0.3) is 0 Å². The van der Waals surface area contributed by atoms with E-state index in [2.05, 4.69) is 10.1 Å². The Morgan fingerprint density at radius 1 is 1.33 bits per heavy atom. The highest BCUT2D eigenvalue weighted by atomic mass is 16.5. The number of nitrogens with zero attached hydrogens (tertiary/aromatic N) is 3. The molecule has 6 heteroatoms. The summed E-state index contributed by atoms with van der Waals surface area (Å²) in [4.78, 5) is 15.0. The van der Waals surface area contributed by atoms with Crippen molar-refractivity contribution in [3.63, 3.8) is 0 Å². The number of aromatic nitrogens is 3. The van der Waals surface area contributed by atoms with Crippen molar-refractivity contribution in [3.8, 4) is 11.1 Å². The third-order valence-electron chi connectivity index (χ3n) is 3.78. The Morgan fingerprint density at radius 3 is 2.76 bits per heavy atom. The van der Waals surface area contributed by atoms with Gasteiger partial charge in [-0.15, -0.1) is 0 Å². The lowest BCUT2D eigenvalue weighted by molar-refractivity contribution is 0.0662. The van der Waals surface area contributed by atoms with Crippen LogP contribution >= 0.6 is 0 Å². The Morgan fingerprint density at radius 2 is 2.10 bits per heavy atom. The summed E-state index contributed by atoms with van der Waals surface area (Å²) in [5.74, 6) is -1.00. The zero-order valence-corrected chi connectivity index (χ0v) is 11.8. The molecule has 3 rings (SSSR count). The van der Waals surface area contributed by atoms with Gasteiger partial charge in [-0.25, -0.2) is 9.78 Å². The third kappa shape index (κ3) is 2.80. The minimum Gasteiger partial charge on any atom is -0.477 e. The topological polar surface area (TPSA) is 77.2 Å². The number of pyridine rings is 1. The van der Waals surface area contributed by atoms with Crippen LogP contribution in [0.3, 0.4) is 0 Å². The molecule has 0 spiro atoms. The van der Waals surface area contributed by atoms with Crippen LogP contribution in [0.25, 0.3) is 11.1 Å². The summed E-state index contributed by atoms with van der Waals surface area (Å²) in [5.41, 5.74) is 2.58. The number of rotatable bonds is 3. The number of hydrogen-bond donors (Lipinski definition) is 1. The van der Waals surface area contributed by atoms with Gasteiger partial charge >= 0.3 is 5.97 Å². The van der Waals surface area contributed by atoms with Crippen LogP contribution in [0.2, 0.25) is 0 Å². The maximum atomic E-state index is 11.0. The molecule has 2 aromatic heterocycles. The molecular formula is C15H17N3O3. The van der Waals surface area contributed by atoms with Gasteiger partial charge in [-0.3, -0.25) is 4.68 Å². The van der Waals surface area contributed by atoms with E-state index in [1.165, 1.54) is 0 Å². The summed E-state index contributed by atoms with van der Waals surface area (Å²) < 4.78 is 7.33. The Kier molecular flexibility index (Phi) is 3.70. The van der Waals surface area contributed by atoms with Crippen molar-refractivity contribution < 1.29 is 14.6 Å².